The summed E-state index contributed by atoms with van der Waals surface area (Å²) in [6.45, 7) is 7.62. The maximum Gasteiger partial charge on any atom is 0.249 e. The van der Waals surface area contributed by atoms with Crippen LogP contribution in [0.3, 0.4) is 0 Å². The summed E-state index contributed by atoms with van der Waals surface area (Å²) in [6, 6.07) is -0.664. The Hall–Kier alpha value is -0.910. The van der Waals surface area contributed by atoms with Crippen molar-refractivity contribution in [2.75, 3.05) is 12.0 Å². The minimum atomic E-state index is -0.997. The smallest absolute Gasteiger partial charge is 0.249 e. The van der Waals surface area contributed by atoms with Gasteiger partial charge in [-0.15, -0.1) is 0 Å². The molecule has 2 aliphatic rings. The minimum absolute atomic E-state index is 0.0127. The van der Waals surface area contributed by atoms with Crippen molar-refractivity contribution < 1.29 is 13.8 Å². The molecule has 2 amide bonds. The van der Waals surface area contributed by atoms with Gasteiger partial charge >= 0.3 is 0 Å². The van der Waals surface area contributed by atoms with Crippen LogP contribution in [0.5, 0.6) is 0 Å². The number of carbonyl (C=O) groups excluding carboxylic acids is 2. The highest BCUT2D eigenvalue weighted by Crippen LogP contribution is 2.43. The van der Waals surface area contributed by atoms with Gasteiger partial charge in [-0.25, -0.2) is 0 Å². The molecular weight excluding hydrogens is 288 g/mol. The maximum atomic E-state index is 13.0. The van der Waals surface area contributed by atoms with Crippen molar-refractivity contribution in [3.05, 3.63) is 0 Å². The number of amides is 2. The summed E-state index contributed by atoms with van der Waals surface area (Å²) in [4.78, 5) is 27.3. The summed E-state index contributed by atoms with van der Waals surface area (Å²) >= 11 is 0. The second-order valence-corrected chi connectivity index (χ2v) is 8.44. The molecule has 1 aliphatic carbocycles. The van der Waals surface area contributed by atoms with Crippen LogP contribution in [-0.4, -0.2) is 50.6 Å². The van der Waals surface area contributed by atoms with Crippen LogP contribution >= 0.6 is 0 Å². The Morgan fingerprint density at radius 2 is 1.90 bits per heavy atom. The van der Waals surface area contributed by atoms with Gasteiger partial charge in [-0.2, -0.15) is 0 Å². The molecule has 0 aromatic heterocycles. The highest BCUT2D eigenvalue weighted by atomic mass is 32.2. The zero-order valence-electron chi connectivity index (χ0n) is 13.5. The van der Waals surface area contributed by atoms with E-state index in [-0.39, 0.29) is 29.7 Å². The number of piperazine rings is 1. The van der Waals surface area contributed by atoms with Crippen molar-refractivity contribution in [1.82, 2.24) is 10.2 Å². The summed E-state index contributed by atoms with van der Waals surface area (Å²) in [6.07, 6.45) is 3.60. The van der Waals surface area contributed by atoms with E-state index in [4.69, 9.17) is 0 Å². The van der Waals surface area contributed by atoms with Crippen molar-refractivity contribution in [3.8, 4) is 0 Å². The molecule has 0 spiro atoms. The third kappa shape index (κ3) is 3.00. The van der Waals surface area contributed by atoms with Crippen molar-refractivity contribution in [2.45, 2.75) is 58.2 Å². The molecule has 1 saturated heterocycles. The molecule has 0 aromatic carbocycles. The topological polar surface area (TPSA) is 66.5 Å². The molecule has 2 fully saturated rings. The zero-order chi connectivity index (χ0) is 15.9. The Balaban J connectivity index is 2.34. The van der Waals surface area contributed by atoms with Crippen molar-refractivity contribution >= 4 is 22.6 Å². The lowest BCUT2D eigenvalue weighted by Crippen LogP contribution is -2.73. The first-order valence-electron chi connectivity index (χ1n) is 7.63. The number of rotatable bonds is 5. The number of hydrogen-bond donors (Lipinski definition) is 1. The molecule has 0 bridgehead atoms. The number of nitrogens with zero attached hydrogens (tertiary/aromatic N) is 1. The van der Waals surface area contributed by atoms with Crippen LogP contribution in [0.25, 0.3) is 0 Å². The first-order valence-corrected chi connectivity index (χ1v) is 9.36. The van der Waals surface area contributed by atoms with Gasteiger partial charge in [0, 0.05) is 28.9 Å². The predicted octanol–water partition coefficient (Wildman–Crippen LogP) is 0.905. The van der Waals surface area contributed by atoms with Gasteiger partial charge in [0.1, 0.15) is 11.6 Å². The normalized spacial score (nSPS) is 33.0. The molecule has 1 heterocycles. The lowest BCUT2D eigenvalue weighted by Gasteiger charge is -2.48. The van der Waals surface area contributed by atoms with Crippen molar-refractivity contribution in [2.24, 2.45) is 11.8 Å². The van der Waals surface area contributed by atoms with E-state index in [9.17, 15) is 13.8 Å². The van der Waals surface area contributed by atoms with E-state index in [2.05, 4.69) is 5.32 Å². The number of carbonyl (C=O) groups is 2. The van der Waals surface area contributed by atoms with E-state index in [1.54, 1.807) is 11.2 Å². The van der Waals surface area contributed by atoms with Crippen LogP contribution in [0.15, 0.2) is 0 Å². The first-order chi connectivity index (χ1) is 9.68. The van der Waals surface area contributed by atoms with Crippen LogP contribution in [0.2, 0.25) is 0 Å². The van der Waals surface area contributed by atoms with Crippen LogP contribution in [-0.2, 0) is 20.4 Å². The van der Waals surface area contributed by atoms with Gasteiger partial charge in [-0.05, 0) is 38.5 Å². The summed E-state index contributed by atoms with van der Waals surface area (Å²) in [5.41, 5.74) is -0.786. The fourth-order valence-electron chi connectivity index (χ4n) is 3.36. The quantitative estimate of drug-likeness (QED) is 0.820. The van der Waals surface area contributed by atoms with Crippen molar-refractivity contribution in [3.63, 3.8) is 0 Å². The van der Waals surface area contributed by atoms with Gasteiger partial charge in [0.25, 0.3) is 0 Å². The Morgan fingerprint density at radius 1 is 1.33 bits per heavy atom. The van der Waals surface area contributed by atoms with Gasteiger partial charge < -0.3 is 10.2 Å². The van der Waals surface area contributed by atoms with Gasteiger partial charge in [0.05, 0.1) is 0 Å². The summed E-state index contributed by atoms with van der Waals surface area (Å²) < 4.78 is 11.5. The fraction of sp³-hybridized carbons (Fsp3) is 0.867. The Bertz CT molecular complexity index is 476. The molecule has 2 rings (SSSR count). The molecule has 1 aliphatic heterocycles. The molecule has 1 N–H and O–H groups in total. The average Bonchev–Trinajstić information content (AvgIpc) is 3.15. The standard InChI is InChI=1S/C15H26N2O3S/c1-9(2)12-13(18)16-15(4,11-6-7-11)14(19)17(12)10(3)8-21(5)20/h9-12H,6-8H2,1-5H3,(H,16,18). The van der Waals surface area contributed by atoms with E-state index >= 15 is 0 Å². The van der Waals surface area contributed by atoms with Gasteiger partial charge in [0.2, 0.25) is 11.8 Å². The lowest BCUT2D eigenvalue weighted by molar-refractivity contribution is -0.159. The first kappa shape index (κ1) is 16.5. The van der Waals surface area contributed by atoms with Crippen molar-refractivity contribution in [1.29, 1.82) is 0 Å². The summed E-state index contributed by atoms with van der Waals surface area (Å²) in [5, 5.41) is 2.97. The molecular formula is C15H26N2O3S. The Morgan fingerprint density at radius 3 is 2.33 bits per heavy atom. The second-order valence-electron chi connectivity index (χ2n) is 6.96. The fourth-order valence-corrected chi connectivity index (χ4v) is 4.20. The summed E-state index contributed by atoms with van der Waals surface area (Å²) in [5.74, 6) is 0.589. The highest BCUT2D eigenvalue weighted by molar-refractivity contribution is 7.84. The van der Waals surface area contributed by atoms with Gasteiger partial charge in [-0.3, -0.25) is 13.8 Å². The Kier molecular flexibility index (Phi) is 4.47. The molecule has 1 saturated carbocycles. The third-order valence-corrected chi connectivity index (χ3v) is 5.56. The van der Waals surface area contributed by atoms with E-state index in [1.165, 1.54) is 0 Å². The maximum absolute atomic E-state index is 13.0. The third-order valence-electron chi connectivity index (χ3n) is 4.61. The van der Waals surface area contributed by atoms with Crippen LogP contribution in [0.1, 0.15) is 40.5 Å². The zero-order valence-corrected chi connectivity index (χ0v) is 14.3. The van der Waals surface area contributed by atoms with E-state index in [0.29, 0.717) is 5.75 Å². The van der Waals surface area contributed by atoms with Crippen LogP contribution in [0.4, 0.5) is 0 Å². The Labute approximate surface area is 129 Å². The molecule has 21 heavy (non-hydrogen) atoms. The molecule has 120 valence electrons. The van der Waals surface area contributed by atoms with Gasteiger partial charge in [-0.1, -0.05) is 13.8 Å². The predicted molar refractivity (Wildman–Crippen MR) is 83.1 cm³/mol. The van der Waals surface area contributed by atoms with Crippen LogP contribution in [0, 0.1) is 11.8 Å². The van der Waals surface area contributed by atoms with E-state index in [0.717, 1.165) is 12.8 Å². The molecule has 6 heteroatoms. The highest BCUT2D eigenvalue weighted by Gasteiger charge is 2.56. The van der Waals surface area contributed by atoms with Gasteiger partial charge in [0.15, 0.2) is 0 Å². The average molecular weight is 314 g/mol. The largest absolute Gasteiger partial charge is 0.340 e. The van der Waals surface area contributed by atoms with E-state index in [1.807, 2.05) is 27.7 Å². The molecule has 5 nitrogen and oxygen atoms in total. The molecule has 0 radical (unpaired) electrons. The lowest BCUT2D eigenvalue weighted by atomic mass is 9.86. The van der Waals surface area contributed by atoms with E-state index < -0.39 is 22.4 Å². The SMILES string of the molecule is CC(C)C1C(=O)NC(C)(C2CC2)C(=O)N1C(C)CS(C)=O. The second kappa shape index (κ2) is 5.71. The molecule has 0 aromatic rings. The number of hydrogen-bond acceptors (Lipinski definition) is 3. The minimum Gasteiger partial charge on any atom is -0.340 e. The molecule has 4 atom stereocenters. The summed E-state index contributed by atoms with van der Waals surface area (Å²) in [7, 11) is -0.997. The monoisotopic (exact) mass is 314 g/mol. The number of nitrogens with one attached hydrogen (secondary N) is 1. The molecule has 4 unspecified atom stereocenters. The van der Waals surface area contributed by atoms with Crippen LogP contribution < -0.4 is 5.32 Å².